The Bertz CT molecular complexity index is 1060. The third-order valence-corrected chi connectivity index (χ3v) is 5.97. The molecular weight excluding hydrogens is 374 g/mol. The maximum atomic E-state index is 12.9. The molecule has 1 amide bonds. The molecule has 0 spiro atoms. The molecule has 30 heavy (non-hydrogen) atoms. The van der Waals surface area contributed by atoms with Crippen molar-refractivity contribution >= 4 is 23.1 Å². The van der Waals surface area contributed by atoms with Gasteiger partial charge in [-0.25, -0.2) is 0 Å². The Kier molecular flexibility index (Phi) is 4.83. The first kappa shape index (κ1) is 18.6. The molecule has 0 aliphatic carbocycles. The van der Waals surface area contributed by atoms with Gasteiger partial charge in [0, 0.05) is 44.1 Å². The number of aryl methyl sites for hydroxylation is 1. The highest BCUT2D eigenvalue weighted by molar-refractivity contribution is 6.06. The summed E-state index contributed by atoms with van der Waals surface area (Å²) in [4.78, 5) is 19.4. The number of piperazine rings is 1. The van der Waals surface area contributed by atoms with Crippen molar-refractivity contribution in [2.75, 3.05) is 47.4 Å². The maximum Gasteiger partial charge on any atom is 0.278 e. The molecule has 1 aromatic heterocycles. The summed E-state index contributed by atoms with van der Waals surface area (Å²) in [6.45, 7) is 6.47. The first-order valence-electron chi connectivity index (χ1n) is 10.5. The fourth-order valence-corrected chi connectivity index (χ4v) is 4.31. The highest BCUT2D eigenvalue weighted by Crippen LogP contribution is 2.28. The topological polar surface area (TPSA) is 52.6 Å². The standard InChI is InChI=1S/C24H25N5O/c1-18-5-4-7-20(17-18)27-13-15-28(16-14-27)23-10-9-21(25-26-23)24(30)29-12-11-19-6-2-3-8-22(19)29/h2-10,17H,11-16H2,1H3. The van der Waals surface area contributed by atoms with E-state index in [1.807, 2.05) is 24.3 Å². The van der Waals surface area contributed by atoms with E-state index >= 15 is 0 Å². The molecule has 5 rings (SSSR count). The van der Waals surface area contributed by atoms with Gasteiger partial charge in [-0.3, -0.25) is 4.79 Å². The van der Waals surface area contributed by atoms with E-state index < -0.39 is 0 Å². The van der Waals surface area contributed by atoms with Crippen LogP contribution < -0.4 is 14.7 Å². The Morgan fingerprint density at radius 3 is 2.40 bits per heavy atom. The van der Waals surface area contributed by atoms with Crippen molar-refractivity contribution in [2.45, 2.75) is 13.3 Å². The molecule has 0 saturated carbocycles. The number of benzene rings is 2. The van der Waals surface area contributed by atoms with Crippen LogP contribution in [0.5, 0.6) is 0 Å². The van der Waals surface area contributed by atoms with Crippen molar-refractivity contribution in [3.63, 3.8) is 0 Å². The predicted molar refractivity (Wildman–Crippen MR) is 119 cm³/mol. The first-order valence-corrected chi connectivity index (χ1v) is 10.5. The summed E-state index contributed by atoms with van der Waals surface area (Å²) in [5.74, 6) is 0.750. The molecular formula is C24H25N5O. The number of fused-ring (bicyclic) bond motifs is 1. The molecule has 6 nitrogen and oxygen atoms in total. The van der Waals surface area contributed by atoms with E-state index in [0.29, 0.717) is 12.2 Å². The zero-order valence-corrected chi connectivity index (χ0v) is 17.2. The second-order valence-corrected chi connectivity index (χ2v) is 7.93. The van der Waals surface area contributed by atoms with Crippen LogP contribution in [-0.2, 0) is 6.42 Å². The Hall–Kier alpha value is -3.41. The van der Waals surface area contributed by atoms with Crippen molar-refractivity contribution in [2.24, 2.45) is 0 Å². The van der Waals surface area contributed by atoms with Gasteiger partial charge in [0.1, 0.15) is 0 Å². The van der Waals surface area contributed by atoms with Crippen LogP contribution in [0.1, 0.15) is 21.6 Å². The number of para-hydroxylation sites is 1. The molecule has 1 fully saturated rings. The normalized spacial score (nSPS) is 16.0. The van der Waals surface area contributed by atoms with Gasteiger partial charge >= 0.3 is 0 Å². The molecule has 0 radical (unpaired) electrons. The summed E-state index contributed by atoms with van der Waals surface area (Å²) in [5, 5.41) is 8.64. The molecule has 0 N–H and O–H groups in total. The monoisotopic (exact) mass is 399 g/mol. The molecule has 3 heterocycles. The molecule has 3 aromatic rings. The molecule has 2 aliphatic rings. The first-order chi connectivity index (χ1) is 14.7. The minimum absolute atomic E-state index is 0.0803. The second kappa shape index (κ2) is 7.78. The number of anilines is 3. The van der Waals surface area contributed by atoms with E-state index in [-0.39, 0.29) is 5.91 Å². The van der Waals surface area contributed by atoms with E-state index in [0.717, 1.165) is 44.1 Å². The number of nitrogens with zero attached hydrogens (tertiary/aromatic N) is 5. The number of hydrogen-bond acceptors (Lipinski definition) is 5. The van der Waals surface area contributed by atoms with Crippen LogP contribution in [-0.4, -0.2) is 48.8 Å². The zero-order chi connectivity index (χ0) is 20.5. The third-order valence-electron chi connectivity index (χ3n) is 5.97. The maximum absolute atomic E-state index is 12.9. The highest BCUT2D eigenvalue weighted by Gasteiger charge is 2.26. The summed E-state index contributed by atoms with van der Waals surface area (Å²) in [6, 6.07) is 20.4. The summed E-state index contributed by atoms with van der Waals surface area (Å²) in [6.07, 6.45) is 0.888. The Morgan fingerprint density at radius 2 is 1.63 bits per heavy atom. The van der Waals surface area contributed by atoms with Crippen LogP contribution in [0.25, 0.3) is 0 Å². The van der Waals surface area contributed by atoms with Crippen molar-refractivity contribution < 1.29 is 4.79 Å². The summed E-state index contributed by atoms with van der Waals surface area (Å²) >= 11 is 0. The SMILES string of the molecule is Cc1cccc(N2CCN(c3ccc(C(=O)N4CCc5ccccc54)nn3)CC2)c1. The van der Waals surface area contributed by atoms with Crippen LogP contribution in [0.4, 0.5) is 17.2 Å². The molecule has 0 atom stereocenters. The zero-order valence-electron chi connectivity index (χ0n) is 17.2. The van der Waals surface area contributed by atoms with E-state index in [9.17, 15) is 4.79 Å². The number of hydrogen-bond donors (Lipinski definition) is 0. The average Bonchev–Trinajstić information content (AvgIpc) is 3.23. The lowest BCUT2D eigenvalue weighted by Gasteiger charge is -2.36. The van der Waals surface area contributed by atoms with Crippen molar-refractivity contribution in [3.05, 3.63) is 77.5 Å². The van der Waals surface area contributed by atoms with Crippen LogP contribution in [0.3, 0.4) is 0 Å². The third kappa shape index (κ3) is 3.49. The van der Waals surface area contributed by atoms with Gasteiger partial charge < -0.3 is 14.7 Å². The summed E-state index contributed by atoms with van der Waals surface area (Å²) in [7, 11) is 0. The molecule has 152 valence electrons. The van der Waals surface area contributed by atoms with Gasteiger partial charge in [-0.2, -0.15) is 0 Å². The Balaban J connectivity index is 1.24. The molecule has 6 heteroatoms. The van der Waals surface area contributed by atoms with Crippen LogP contribution in [0.15, 0.2) is 60.7 Å². The number of rotatable bonds is 3. The van der Waals surface area contributed by atoms with Crippen LogP contribution >= 0.6 is 0 Å². The molecule has 2 aromatic carbocycles. The quantitative estimate of drug-likeness (QED) is 0.676. The number of amides is 1. The largest absolute Gasteiger partial charge is 0.368 e. The number of carbonyl (C=O) groups excluding carboxylic acids is 1. The highest BCUT2D eigenvalue weighted by atomic mass is 16.2. The number of carbonyl (C=O) groups is 1. The Morgan fingerprint density at radius 1 is 0.833 bits per heavy atom. The van der Waals surface area contributed by atoms with Gasteiger partial charge in [-0.1, -0.05) is 30.3 Å². The van der Waals surface area contributed by atoms with Gasteiger partial charge in [-0.05, 0) is 54.8 Å². The molecule has 0 bridgehead atoms. The summed E-state index contributed by atoms with van der Waals surface area (Å²) in [5.41, 5.74) is 5.14. The van der Waals surface area contributed by atoms with E-state index in [2.05, 4.69) is 57.3 Å². The van der Waals surface area contributed by atoms with Gasteiger partial charge in [0.2, 0.25) is 0 Å². The molecule has 0 unspecified atom stereocenters. The molecule has 2 aliphatic heterocycles. The van der Waals surface area contributed by atoms with Crippen molar-refractivity contribution in [1.82, 2.24) is 10.2 Å². The molecule has 1 saturated heterocycles. The van der Waals surface area contributed by atoms with E-state index in [1.54, 1.807) is 11.0 Å². The average molecular weight is 399 g/mol. The fraction of sp³-hybridized carbons (Fsp3) is 0.292. The predicted octanol–water partition coefficient (Wildman–Crippen LogP) is 3.31. The Labute approximate surface area is 176 Å². The van der Waals surface area contributed by atoms with Gasteiger partial charge in [0.05, 0.1) is 0 Å². The van der Waals surface area contributed by atoms with Gasteiger partial charge in [-0.15, -0.1) is 10.2 Å². The van der Waals surface area contributed by atoms with Gasteiger partial charge in [0.25, 0.3) is 5.91 Å². The lowest BCUT2D eigenvalue weighted by atomic mass is 10.2. The second-order valence-electron chi connectivity index (χ2n) is 7.93. The van der Waals surface area contributed by atoms with Crippen molar-refractivity contribution in [1.29, 1.82) is 0 Å². The van der Waals surface area contributed by atoms with Gasteiger partial charge in [0.15, 0.2) is 11.5 Å². The minimum Gasteiger partial charge on any atom is -0.368 e. The van der Waals surface area contributed by atoms with Crippen molar-refractivity contribution in [3.8, 4) is 0 Å². The van der Waals surface area contributed by atoms with E-state index in [1.165, 1.54) is 16.8 Å². The van der Waals surface area contributed by atoms with Crippen LogP contribution in [0.2, 0.25) is 0 Å². The van der Waals surface area contributed by atoms with E-state index in [4.69, 9.17) is 0 Å². The van der Waals surface area contributed by atoms with Crippen LogP contribution in [0, 0.1) is 6.92 Å². The minimum atomic E-state index is -0.0803. The fourth-order valence-electron chi connectivity index (χ4n) is 4.31. The smallest absolute Gasteiger partial charge is 0.278 e. The lowest BCUT2D eigenvalue weighted by Crippen LogP contribution is -2.47. The number of aromatic nitrogens is 2. The lowest BCUT2D eigenvalue weighted by molar-refractivity contribution is 0.0983. The summed E-state index contributed by atoms with van der Waals surface area (Å²) < 4.78 is 0.